The van der Waals surface area contributed by atoms with E-state index in [4.69, 9.17) is 0 Å². The number of amides is 3. The van der Waals surface area contributed by atoms with Gasteiger partial charge in [0.1, 0.15) is 5.82 Å². The molecular formula is C22H30FN5O2S. The second-order valence-corrected chi connectivity index (χ2v) is 14.1. The molecule has 3 N–H and O–H groups in total. The van der Waals surface area contributed by atoms with Crippen LogP contribution in [0, 0.1) is 5.82 Å². The summed E-state index contributed by atoms with van der Waals surface area (Å²) in [6.45, 7) is 4.18. The fourth-order valence-corrected chi connectivity index (χ4v) is 6.63. The lowest BCUT2D eigenvalue weighted by Gasteiger charge is -2.53. The van der Waals surface area contributed by atoms with Crippen LogP contribution in [0.4, 0.5) is 20.7 Å². The molecule has 1 aliphatic carbocycles. The molecule has 1 aromatic carbocycles. The van der Waals surface area contributed by atoms with Crippen LogP contribution in [-0.2, 0) is 16.9 Å². The fourth-order valence-electron chi connectivity index (χ4n) is 4.51. The lowest BCUT2D eigenvalue weighted by Crippen LogP contribution is -2.51. The zero-order valence-electron chi connectivity index (χ0n) is 18.6. The normalized spacial score (nSPS) is 19.4. The molecule has 1 aliphatic heterocycles. The average Bonchev–Trinajstić information content (AvgIpc) is 3.13. The third-order valence-corrected chi connectivity index (χ3v) is 9.73. The lowest BCUT2D eigenvalue weighted by atomic mass is 9.83. The number of halogens is 1. The number of nitrogens with zero attached hydrogens (tertiary/aromatic N) is 2. The van der Waals surface area contributed by atoms with Crippen molar-refractivity contribution in [1.82, 2.24) is 15.1 Å². The first-order valence-electron chi connectivity index (χ1n) is 10.4. The van der Waals surface area contributed by atoms with E-state index >= 15 is 0 Å². The van der Waals surface area contributed by atoms with Gasteiger partial charge in [-0.05, 0) is 76.1 Å². The molecule has 3 amide bonds. The van der Waals surface area contributed by atoms with Gasteiger partial charge in [0.15, 0.2) is 5.82 Å². The molecule has 7 nitrogen and oxygen atoms in total. The number of carbonyl (C=O) groups excluding carboxylic acids is 2. The Hall–Kier alpha value is -2.55. The van der Waals surface area contributed by atoms with Crippen LogP contribution in [0.2, 0.25) is 0 Å². The van der Waals surface area contributed by atoms with Crippen molar-refractivity contribution in [3.05, 3.63) is 41.3 Å². The molecular weight excluding hydrogens is 417 g/mol. The highest BCUT2D eigenvalue weighted by Crippen LogP contribution is 2.60. The highest BCUT2D eigenvalue weighted by Gasteiger charge is 2.51. The molecule has 1 fully saturated rings. The van der Waals surface area contributed by atoms with Crippen molar-refractivity contribution in [1.29, 1.82) is 0 Å². The number of H-pyrrole nitrogens is 1. The second kappa shape index (κ2) is 7.25. The van der Waals surface area contributed by atoms with E-state index in [1.165, 1.54) is 24.3 Å². The van der Waals surface area contributed by atoms with Gasteiger partial charge in [0.25, 0.3) is 0 Å². The molecule has 0 saturated heterocycles. The number of aromatic nitrogens is 2. The van der Waals surface area contributed by atoms with Crippen molar-refractivity contribution in [2.75, 3.05) is 29.4 Å². The van der Waals surface area contributed by atoms with Gasteiger partial charge in [-0.25, -0.2) is 19.2 Å². The number of rotatable bonds is 4. The number of fused-ring (bicyclic) bond motifs is 1. The Balaban J connectivity index is 1.53. The van der Waals surface area contributed by atoms with E-state index in [0.29, 0.717) is 18.1 Å². The molecule has 4 rings (SSSR count). The first-order valence-corrected chi connectivity index (χ1v) is 13.2. The lowest BCUT2D eigenvalue weighted by molar-refractivity contribution is -0.120. The first-order chi connectivity index (χ1) is 14.5. The van der Waals surface area contributed by atoms with Crippen LogP contribution in [0.1, 0.15) is 44.4 Å². The van der Waals surface area contributed by atoms with Gasteiger partial charge in [-0.2, -0.15) is 5.10 Å². The predicted molar refractivity (Wildman–Crippen MR) is 123 cm³/mol. The molecule has 31 heavy (non-hydrogen) atoms. The zero-order chi connectivity index (χ0) is 22.6. The molecule has 2 aliphatic rings. The predicted octanol–water partition coefficient (Wildman–Crippen LogP) is 4.39. The highest BCUT2D eigenvalue weighted by atomic mass is 32.3. The maximum absolute atomic E-state index is 13.2. The van der Waals surface area contributed by atoms with Crippen molar-refractivity contribution in [3.63, 3.8) is 0 Å². The van der Waals surface area contributed by atoms with Crippen LogP contribution in [-0.4, -0.2) is 50.5 Å². The number of nitrogens with one attached hydrogen (secondary N) is 3. The maximum Gasteiger partial charge on any atom is 0.322 e. The summed E-state index contributed by atoms with van der Waals surface area (Å²) in [7, 11) is -1.08. The quantitative estimate of drug-likeness (QED) is 0.649. The van der Waals surface area contributed by atoms with Gasteiger partial charge in [-0.1, -0.05) is 0 Å². The summed E-state index contributed by atoms with van der Waals surface area (Å²) in [6, 6.07) is 5.36. The van der Waals surface area contributed by atoms with Crippen molar-refractivity contribution in [2.24, 2.45) is 0 Å². The Morgan fingerprint density at radius 3 is 2.32 bits per heavy atom. The molecule has 168 valence electrons. The minimum Gasteiger partial charge on any atom is -0.309 e. The summed E-state index contributed by atoms with van der Waals surface area (Å²) in [5.41, 5.74) is 1.51. The van der Waals surface area contributed by atoms with Crippen molar-refractivity contribution in [3.8, 4) is 0 Å². The van der Waals surface area contributed by atoms with Crippen molar-refractivity contribution in [2.45, 2.75) is 49.9 Å². The average molecular weight is 448 g/mol. The van der Waals surface area contributed by atoms with E-state index in [1.54, 1.807) is 4.90 Å². The van der Waals surface area contributed by atoms with E-state index in [2.05, 4.69) is 39.6 Å². The number of carbonyl (C=O) groups is 2. The van der Waals surface area contributed by atoms with E-state index < -0.39 is 15.6 Å². The van der Waals surface area contributed by atoms with Crippen LogP contribution in [0.15, 0.2) is 24.3 Å². The zero-order valence-corrected chi connectivity index (χ0v) is 19.5. The summed E-state index contributed by atoms with van der Waals surface area (Å²) in [6.07, 6.45) is 9.44. The maximum atomic E-state index is 13.2. The van der Waals surface area contributed by atoms with E-state index in [-0.39, 0.29) is 22.5 Å². The van der Waals surface area contributed by atoms with Gasteiger partial charge in [0.05, 0.1) is 22.5 Å². The molecule has 0 bridgehead atoms. The molecule has 9 heteroatoms. The number of hydrogen-bond donors (Lipinski definition) is 3. The van der Waals surface area contributed by atoms with Crippen LogP contribution in [0.25, 0.3) is 0 Å². The fraction of sp³-hybridized carbons (Fsp3) is 0.500. The van der Waals surface area contributed by atoms with Crippen molar-refractivity contribution >= 4 is 33.5 Å². The summed E-state index contributed by atoms with van der Waals surface area (Å²) in [5.74, 6) is 0.171. The number of anilines is 2. The summed E-state index contributed by atoms with van der Waals surface area (Å²) >= 11 is 0. The Morgan fingerprint density at radius 2 is 1.77 bits per heavy atom. The number of aromatic amines is 1. The first kappa shape index (κ1) is 21.7. The van der Waals surface area contributed by atoms with Gasteiger partial charge in [0, 0.05) is 11.3 Å². The summed E-state index contributed by atoms with van der Waals surface area (Å²) in [4.78, 5) is 27.9. The molecule has 0 radical (unpaired) electrons. The van der Waals surface area contributed by atoms with Crippen LogP contribution in [0.3, 0.4) is 0 Å². The standard InChI is InChI=1S/C22H30FN5O2S/c1-21(2)17-16(13-28(21)20(30)24-15-9-7-14(23)8-10-15)18(27-26-17)25-19(29)22(11-6-12-22)31(3,4)5/h7-10H,6,11-13H2,1-5H3,(H,24,30)(H2,25,26,27,29). The Morgan fingerprint density at radius 1 is 1.13 bits per heavy atom. The molecule has 2 heterocycles. The van der Waals surface area contributed by atoms with Gasteiger partial charge in [0.2, 0.25) is 5.91 Å². The van der Waals surface area contributed by atoms with Gasteiger partial charge in [-0.15, -0.1) is 0 Å². The van der Waals surface area contributed by atoms with Gasteiger partial charge < -0.3 is 15.5 Å². The largest absolute Gasteiger partial charge is 0.322 e. The molecule has 0 atom stereocenters. The topological polar surface area (TPSA) is 90.1 Å². The number of benzene rings is 1. The Bertz CT molecular complexity index is 1020. The Kier molecular flexibility index (Phi) is 5.07. The van der Waals surface area contributed by atoms with Gasteiger partial charge >= 0.3 is 6.03 Å². The summed E-state index contributed by atoms with van der Waals surface area (Å²) in [5, 5.41) is 13.3. The van der Waals surface area contributed by atoms with Crippen LogP contribution >= 0.6 is 10.0 Å². The van der Waals surface area contributed by atoms with Crippen LogP contribution in [0.5, 0.6) is 0 Å². The Labute approximate surface area is 183 Å². The van der Waals surface area contributed by atoms with Crippen molar-refractivity contribution < 1.29 is 14.0 Å². The molecule has 1 saturated carbocycles. The minimum absolute atomic E-state index is 0.0302. The van der Waals surface area contributed by atoms with Crippen LogP contribution < -0.4 is 10.6 Å². The second-order valence-electron chi connectivity index (χ2n) is 9.65. The SMILES string of the molecule is CC1(C)c2[nH]nc(NC(=O)C3(S(C)(C)C)CCC3)c2CN1C(=O)Nc1ccc(F)cc1. The number of hydrogen-bond acceptors (Lipinski definition) is 3. The monoisotopic (exact) mass is 447 g/mol. The third-order valence-electron chi connectivity index (χ3n) is 6.79. The molecule has 0 spiro atoms. The molecule has 0 unspecified atom stereocenters. The highest BCUT2D eigenvalue weighted by molar-refractivity contribution is 8.33. The van der Waals surface area contributed by atoms with E-state index in [9.17, 15) is 14.0 Å². The third kappa shape index (κ3) is 3.48. The number of urea groups is 1. The summed E-state index contributed by atoms with van der Waals surface area (Å²) < 4.78 is 12.8. The minimum atomic E-state index is -1.08. The molecule has 1 aromatic heterocycles. The van der Waals surface area contributed by atoms with E-state index in [0.717, 1.165) is 30.5 Å². The molecule has 2 aromatic rings. The smallest absolute Gasteiger partial charge is 0.309 e. The van der Waals surface area contributed by atoms with E-state index in [1.807, 2.05) is 13.8 Å². The van der Waals surface area contributed by atoms with Gasteiger partial charge in [-0.3, -0.25) is 9.89 Å².